The number of hydrogen-bond acceptors (Lipinski definition) is 5. The first-order valence-corrected chi connectivity index (χ1v) is 12.2. The summed E-state index contributed by atoms with van der Waals surface area (Å²) in [4.78, 5) is 13.5. The summed E-state index contributed by atoms with van der Waals surface area (Å²) in [5.74, 6) is 0.555. The Balaban J connectivity index is 1.46. The molecule has 0 aliphatic carbocycles. The molecule has 5 rings (SSSR count). The molecule has 36 heavy (non-hydrogen) atoms. The lowest BCUT2D eigenvalue weighted by molar-refractivity contribution is 0.653. The van der Waals surface area contributed by atoms with Crippen molar-refractivity contribution in [3.8, 4) is 28.2 Å². The number of hydrogen-bond donors (Lipinski definition) is 2. The number of aryl methyl sites for hydroxylation is 1. The Morgan fingerprint density at radius 2 is 1.67 bits per heavy atom. The van der Waals surface area contributed by atoms with Gasteiger partial charge < -0.3 is 5.73 Å². The van der Waals surface area contributed by atoms with E-state index in [-0.39, 0.29) is 5.69 Å². The summed E-state index contributed by atoms with van der Waals surface area (Å²) < 4.78 is 3.54. The molecule has 8 nitrogen and oxygen atoms in total. The maximum absolute atomic E-state index is 13.5. The number of nitrogens with zero attached hydrogens (tertiary/aromatic N) is 5. The van der Waals surface area contributed by atoms with Crippen molar-refractivity contribution in [2.45, 2.75) is 39.2 Å². The van der Waals surface area contributed by atoms with Gasteiger partial charge in [0.15, 0.2) is 0 Å². The van der Waals surface area contributed by atoms with E-state index in [9.17, 15) is 4.79 Å². The second-order valence-corrected chi connectivity index (χ2v) is 8.85. The summed E-state index contributed by atoms with van der Waals surface area (Å²) in [6.07, 6.45) is 6.08. The molecule has 0 aliphatic rings. The monoisotopic (exact) mass is 479 g/mol. The fourth-order valence-electron chi connectivity index (χ4n) is 4.51. The normalized spacial score (nSPS) is 11.1. The number of tetrazole rings is 1. The van der Waals surface area contributed by atoms with E-state index in [0.717, 1.165) is 53.6 Å². The zero-order chi connectivity index (χ0) is 24.9. The number of imidazole rings is 1. The number of nitrogen functional groups attached to an aromatic ring is 1. The molecule has 0 saturated heterocycles. The molecule has 2 aromatic heterocycles. The minimum absolute atomic E-state index is 0.0778. The minimum Gasteiger partial charge on any atom is -0.397 e. The Bertz CT molecular complexity index is 1500. The van der Waals surface area contributed by atoms with Crippen molar-refractivity contribution in [1.29, 1.82) is 0 Å². The topological polar surface area (TPSA) is 107 Å². The number of nitrogens with one attached hydrogen (secondary N) is 1. The van der Waals surface area contributed by atoms with Gasteiger partial charge in [-0.2, -0.15) is 5.21 Å². The van der Waals surface area contributed by atoms with Gasteiger partial charge in [-0.15, -0.1) is 10.2 Å². The summed E-state index contributed by atoms with van der Waals surface area (Å²) in [6.45, 7) is 2.67. The average Bonchev–Trinajstić information content (AvgIpc) is 3.55. The van der Waals surface area contributed by atoms with Crippen LogP contribution in [0, 0.1) is 0 Å². The number of para-hydroxylation sites is 2. The van der Waals surface area contributed by atoms with Crippen LogP contribution in [0.2, 0.25) is 0 Å². The molecule has 0 fully saturated rings. The molecular formula is C28H29N7O. The summed E-state index contributed by atoms with van der Waals surface area (Å²) >= 11 is 0. The maximum atomic E-state index is 13.5. The molecule has 0 atom stereocenters. The third-order valence-electron chi connectivity index (χ3n) is 6.41. The highest BCUT2D eigenvalue weighted by Gasteiger charge is 2.15. The fourth-order valence-corrected chi connectivity index (χ4v) is 4.51. The molecule has 0 spiro atoms. The Morgan fingerprint density at radius 1 is 0.917 bits per heavy atom. The Labute approximate surface area is 209 Å². The molecule has 0 bridgehead atoms. The quantitative estimate of drug-likeness (QED) is 0.232. The van der Waals surface area contributed by atoms with Crippen LogP contribution in [0.1, 0.15) is 37.4 Å². The lowest BCUT2D eigenvalue weighted by Gasteiger charge is -2.10. The second kappa shape index (κ2) is 10.4. The minimum atomic E-state index is -0.0778. The lowest BCUT2D eigenvalue weighted by atomic mass is 9.98. The van der Waals surface area contributed by atoms with Crippen LogP contribution in [-0.2, 0) is 13.0 Å². The van der Waals surface area contributed by atoms with E-state index in [1.165, 1.54) is 0 Å². The van der Waals surface area contributed by atoms with E-state index < -0.39 is 0 Å². The van der Waals surface area contributed by atoms with Gasteiger partial charge in [-0.25, -0.2) is 4.79 Å². The van der Waals surface area contributed by atoms with Crippen molar-refractivity contribution >= 4 is 5.69 Å². The summed E-state index contributed by atoms with van der Waals surface area (Å²) in [6, 6.07) is 23.7. The Kier molecular flexibility index (Phi) is 6.75. The molecule has 0 amide bonds. The van der Waals surface area contributed by atoms with Crippen LogP contribution in [0.25, 0.3) is 28.2 Å². The maximum Gasteiger partial charge on any atom is 0.333 e. The molecule has 5 aromatic rings. The van der Waals surface area contributed by atoms with Crippen LogP contribution in [0.5, 0.6) is 0 Å². The number of benzene rings is 3. The van der Waals surface area contributed by atoms with Crippen LogP contribution < -0.4 is 11.4 Å². The van der Waals surface area contributed by atoms with Crippen LogP contribution in [0.4, 0.5) is 5.69 Å². The summed E-state index contributed by atoms with van der Waals surface area (Å²) in [7, 11) is 0. The van der Waals surface area contributed by atoms with E-state index in [1.54, 1.807) is 4.57 Å². The molecule has 3 N–H and O–H groups in total. The number of aromatic amines is 1. The van der Waals surface area contributed by atoms with E-state index in [1.807, 2.05) is 59.3 Å². The third-order valence-corrected chi connectivity index (χ3v) is 6.41. The number of rotatable bonds is 9. The van der Waals surface area contributed by atoms with E-state index in [2.05, 4.69) is 51.8 Å². The van der Waals surface area contributed by atoms with Gasteiger partial charge in [-0.3, -0.25) is 9.13 Å². The first-order chi connectivity index (χ1) is 17.7. The van der Waals surface area contributed by atoms with E-state index in [0.29, 0.717) is 23.7 Å². The van der Waals surface area contributed by atoms with Crippen molar-refractivity contribution in [3.05, 3.63) is 101 Å². The van der Waals surface area contributed by atoms with Gasteiger partial charge >= 0.3 is 5.69 Å². The Hall–Kier alpha value is -4.46. The fraction of sp³-hybridized carbons (Fsp3) is 0.214. The van der Waals surface area contributed by atoms with Gasteiger partial charge in [0.05, 0.1) is 17.9 Å². The van der Waals surface area contributed by atoms with E-state index >= 15 is 0 Å². The predicted molar refractivity (Wildman–Crippen MR) is 142 cm³/mol. The molecule has 0 saturated carbocycles. The average molecular weight is 480 g/mol. The number of aromatic nitrogens is 6. The van der Waals surface area contributed by atoms with Gasteiger partial charge in [0.25, 0.3) is 0 Å². The van der Waals surface area contributed by atoms with Gasteiger partial charge in [0.2, 0.25) is 5.82 Å². The molecule has 0 unspecified atom stereocenters. The van der Waals surface area contributed by atoms with Crippen LogP contribution in [-0.4, -0.2) is 29.8 Å². The smallest absolute Gasteiger partial charge is 0.333 e. The van der Waals surface area contributed by atoms with Crippen LogP contribution in [0.15, 0.2) is 83.8 Å². The molecule has 182 valence electrons. The second-order valence-electron chi connectivity index (χ2n) is 8.85. The number of anilines is 1. The zero-order valence-electron chi connectivity index (χ0n) is 20.3. The van der Waals surface area contributed by atoms with Gasteiger partial charge in [-0.05, 0) is 46.9 Å². The predicted octanol–water partition coefficient (Wildman–Crippen LogP) is 4.85. The standard InChI is InChI=1S/C28H29N7O/c1-2-3-4-9-22-19-35(26-13-8-7-12-25(26)29)28(36)34(22)18-20-14-16-21(17-15-20)23-10-5-6-11-24(23)27-30-32-33-31-27/h5-8,10-17,19H,2-4,9,18,29H2,1H3,(H,30,31,32,33). The van der Waals surface area contributed by atoms with Crippen LogP contribution >= 0.6 is 0 Å². The summed E-state index contributed by atoms with van der Waals surface area (Å²) in [5.41, 5.74) is 12.5. The van der Waals surface area contributed by atoms with Crippen molar-refractivity contribution in [2.75, 3.05) is 5.73 Å². The Morgan fingerprint density at radius 3 is 2.39 bits per heavy atom. The molecule has 3 aromatic carbocycles. The molecular weight excluding hydrogens is 450 g/mol. The van der Waals surface area contributed by atoms with Crippen molar-refractivity contribution in [2.24, 2.45) is 0 Å². The third kappa shape index (κ3) is 4.70. The molecule has 2 heterocycles. The first kappa shape index (κ1) is 23.3. The molecule has 0 radical (unpaired) electrons. The SMILES string of the molecule is CCCCCc1cn(-c2ccccc2N)c(=O)n1Cc1ccc(-c2ccccc2-c2nn[nH]n2)cc1. The molecule has 0 aliphatic heterocycles. The number of nitrogens with two attached hydrogens (primary N) is 1. The van der Waals surface area contributed by atoms with Crippen LogP contribution in [0.3, 0.4) is 0 Å². The first-order valence-electron chi connectivity index (χ1n) is 12.2. The highest BCUT2D eigenvalue weighted by Crippen LogP contribution is 2.30. The molecule has 8 heteroatoms. The lowest BCUT2D eigenvalue weighted by Crippen LogP contribution is -2.25. The number of unbranched alkanes of at least 4 members (excludes halogenated alkanes) is 2. The highest BCUT2D eigenvalue weighted by atomic mass is 16.1. The van der Waals surface area contributed by atoms with Gasteiger partial charge in [-0.1, -0.05) is 80.4 Å². The number of H-pyrrole nitrogens is 1. The van der Waals surface area contributed by atoms with E-state index in [4.69, 9.17) is 5.73 Å². The van der Waals surface area contributed by atoms with Crippen molar-refractivity contribution in [1.82, 2.24) is 29.8 Å². The zero-order valence-corrected chi connectivity index (χ0v) is 20.3. The van der Waals surface area contributed by atoms with Crippen molar-refractivity contribution in [3.63, 3.8) is 0 Å². The highest BCUT2D eigenvalue weighted by molar-refractivity contribution is 5.80. The van der Waals surface area contributed by atoms with Gasteiger partial charge in [0, 0.05) is 17.5 Å². The summed E-state index contributed by atoms with van der Waals surface area (Å²) in [5, 5.41) is 14.5. The van der Waals surface area contributed by atoms with Crippen molar-refractivity contribution < 1.29 is 0 Å². The largest absolute Gasteiger partial charge is 0.397 e. The van der Waals surface area contributed by atoms with Gasteiger partial charge in [0.1, 0.15) is 0 Å².